The number of carbonyl (C=O) groups is 2. The summed E-state index contributed by atoms with van der Waals surface area (Å²) in [5, 5.41) is 0. The van der Waals surface area contributed by atoms with Gasteiger partial charge in [0.15, 0.2) is 5.78 Å². The lowest BCUT2D eigenvalue weighted by Gasteiger charge is -2.33. The van der Waals surface area contributed by atoms with Crippen LogP contribution in [0.15, 0.2) is 23.3 Å². The van der Waals surface area contributed by atoms with E-state index in [2.05, 4.69) is 54.5 Å². The SMILES string of the molecule is C.C.CC1=CC(=O)CC(C)(C)C1.CC1=CC(C)(C)CC(=O)C1.CC1CCCC(C)(C)C1. The first-order valence-electron chi connectivity index (χ1n) is 11.5. The van der Waals surface area contributed by atoms with Crippen LogP contribution >= 0.6 is 0 Å². The minimum atomic E-state index is 0. The number of ketones is 2. The molecule has 3 aliphatic carbocycles. The van der Waals surface area contributed by atoms with Crippen molar-refractivity contribution in [1.29, 1.82) is 0 Å². The van der Waals surface area contributed by atoms with E-state index in [-0.39, 0.29) is 31.5 Å². The zero-order chi connectivity index (χ0) is 22.5. The van der Waals surface area contributed by atoms with Gasteiger partial charge in [-0.3, -0.25) is 9.59 Å². The quantitative estimate of drug-likeness (QED) is 0.356. The van der Waals surface area contributed by atoms with Gasteiger partial charge in [-0.25, -0.2) is 0 Å². The van der Waals surface area contributed by atoms with Crippen LogP contribution in [0.25, 0.3) is 0 Å². The van der Waals surface area contributed by atoms with Gasteiger partial charge in [-0.05, 0) is 61.3 Å². The Morgan fingerprint density at radius 2 is 1.42 bits per heavy atom. The lowest BCUT2D eigenvalue weighted by molar-refractivity contribution is -0.120. The summed E-state index contributed by atoms with van der Waals surface area (Å²) in [6, 6.07) is 0. The van der Waals surface area contributed by atoms with Gasteiger partial charge >= 0.3 is 0 Å². The molecule has 182 valence electrons. The Morgan fingerprint density at radius 3 is 1.77 bits per heavy atom. The first-order chi connectivity index (χ1) is 13.1. The number of Topliss-reactive ketones (excluding diaryl/α,β-unsaturated/α-hetero) is 1. The predicted octanol–water partition coefficient (Wildman–Crippen LogP) is 9.14. The second-order valence-electron chi connectivity index (χ2n) is 12.2. The summed E-state index contributed by atoms with van der Waals surface area (Å²) in [4.78, 5) is 22.1. The van der Waals surface area contributed by atoms with Crippen LogP contribution < -0.4 is 0 Å². The molecule has 0 spiro atoms. The van der Waals surface area contributed by atoms with Gasteiger partial charge in [0.2, 0.25) is 0 Å². The van der Waals surface area contributed by atoms with Crippen molar-refractivity contribution in [2.24, 2.45) is 22.2 Å². The van der Waals surface area contributed by atoms with Crippen LogP contribution in [0.3, 0.4) is 0 Å². The number of hydrogen-bond donors (Lipinski definition) is 0. The zero-order valence-electron chi connectivity index (χ0n) is 20.7. The van der Waals surface area contributed by atoms with E-state index in [0.29, 0.717) is 30.5 Å². The predicted molar refractivity (Wildman–Crippen MR) is 138 cm³/mol. The van der Waals surface area contributed by atoms with Crippen LogP contribution in [0.1, 0.15) is 129 Å². The van der Waals surface area contributed by atoms with Crippen LogP contribution in [-0.4, -0.2) is 11.6 Å². The largest absolute Gasteiger partial charge is 0.299 e. The van der Waals surface area contributed by atoms with Gasteiger partial charge in [-0.15, -0.1) is 0 Å². The first-order valence-corrected chi connectivity index (χ1v) is 11.5. The summed E-state index contributed by atoms with van der Waals surface area (Å²) in [5.74, 6) is 1.65. The van der Waals surface area contributed by atoms with E-state index in [1.165, 1.54) is 36.8 Å². The van der Waals surface area contributed by atoms with E-state index < -0.39 is 0 Å². The zero-order valence-corrected chi connectivity index (χ0v) is 20.7. The van der Waals surface area contributed by atoms with E-state index in [4.69, 9.17) is 0 Å². The summed E-state index contributed by atoms with van der Waals surface area (Å²) < 4.78 is 0. The summed E-state index contributed by atoms with van der Waals surface area (Å²) in [5.41, 5.74) is 3.41. The molecule has 0 aliphatic heterocycles. The Kier molecular flexibility index (Phi) is 13.2. The molecule has 0 amide bonds. The van der Waals surface area contributed by atoms with Gasteiger partial charge in [0.25, 0.3) is 0 Å². The second kappa shape index (κ2) is 12.8. The van der Waals surface area contributed by atoms with Gasteiger partial charge in [0.1, 0.15) is 5.78 Å². The first kappa shape index (κ1) is 32.0. The molecule has 2 nitrogen and oxygen atoms in total. The van der Waals surface area contributed by atoms with Gasteiger partial charge < -0.3 is 0 Å². The van der Waals surface area contributed by atoms with Crippen LogP contribution in [0.2, 0.25) is 0 Å². The molecule has 0 N–H and O–H groups in total. The van der Waals surface area contributed by atoms with Crippen molar-refractivity contribution in [3.05, 3.63) is 23.3 Å². The Morgan fingerprint density at radius 1 is 0.839 bits per heavy atom. The molecule has 0 bridgehead atoms. The highest BCUT2D eigenvalue weighted by Crippen LogP contribution is 2.38. The van der Waals surface area contributed by atoms with Gasteiger partial charge in [-0.2, -0.15) is 0 Å². The third-order valence-corrected chi connectivity index (χ3v) is 6.04. The highest BCUT2D eigenvalue weighted by atomic mass is 16.1. The van der Waals surface area contributed by atoms with Crippen molar-refractivity contribution in [1.82, 2.24) is 0 Å². The van der Waals surface area contributed by atoms with Crippen LogP contribution in [-0.2, 0) is 9.59 Å². The third-order valence-electron chi connectivity index (χ3n) is 6.04. The van der Waals surface area contributed by atoms with Crippen molar-refractivity contribution >= 4 is 11.6 Å². The molecule has 31 heavy (non-hydrogen) atoms. The minimum Gasteiger partial charge on any atom is -0.299 e. The standard InChI is InChI=1S/2C9H14O.C9H18.2CH4/c2*1-7-4-8(10)6-9(2,3)5-7;1-8-5-4-6-9(2,3)7-8;;/h5H,4,6H2,1-3H3;4H,5-6H2,1-3H3;8H,4-7H2,1-3H3;2*1H4. The van der Waals surface area contributed by atoms with Crippen molar-refractivity contribution in [3.63, 3.8) is 0 Å². The maximum Gasteiger partial charge on any atom is 0.156 e. The molecule has 2 heteroatoms. The van der Waals surface area contributed by atoms with Gasteiger partial charge in [-0.1, -0.05) is 93.4 Å². The lowest BCUT2D eigenvalue weighted by Crippen LogP contribution is -2.20. The Bertz CT molecular complexity index is 644. The fourth-order valence-electron chi connectivity index (χ4n) is 5.39. The van der Waals surface area contributed by atoms with E-state index in [0.717, 1.165) is 12.3 Å². The topological polar surface area (TPSA) is 34.1 Å². The van der Waals surface area contributed by atoms with Gasteiger partial charge in [0.05, 0.1) is 0 Å². The molecule has 1 saturated carbocycles. The molecule has 0 aromatic carbocycles. The average Bonchev–Trinajstić information content (AvgIpc) is 2.41. The fraction of sp³-hybridized carbons (Fsp3) is 0.793. The molecule has 0 aromatic rings. The molecule has 0 aromatic heterocycles. The highest BCUT2D eigenvalue weighted by molar-refractivity contribution is 5.91. The number of allylic oxidation sites excluding steroid dienone is 4. The Labute approximate surface area is 195 Å². The molecule has 1 atom stereocenters. The molecular formula is C29H54O2. The lowest BCUT2D eigenvalue weighted by atomic mass is 9.73. The molecule has 0 heterocycles. The van der Waals surface area contributed by atoms with Gasteiger partial charge in [0, 0.05) is 19.3 Å². The Balaban J connectivity index is 0. The van der Waals surface area contributed by atoms with E-state index in [1.807, 2.05) is 13.8 Å². The molecule has 0 saturated heterocycles. The molecule has 1 fully saturated rings. The fourth-order valence-corrected chi connectivity index (χ4v) is 5.39. The maximum absolute atomic E-state index is 11.0. The smallest absolute Gasteiger partial charge is 0.156 e. The third kappa shape index (κ3) is 13.8. The van der Waals surface area contributed by atoms with Crippen molar-refractivity contribution in [2.45, 2.75) is 129 Å². The van der Waals surface area contributed by atoms with Crippen LogP contribution in [0.5, 0.6) is 0 Å². The van der Waals surface area contributed by atoms with E-state index in [9.17, 15) is 9.59 Å². The summed E-state index contributed by atoms with van der Waals surface area (Å²) in [6.07, 6.45) is 12.9. The molecule has 3 aliphatic rings. The van der Waals surface area contributed by atoms with E-state index in [1.54, 1.807) is 6.08 Å². The molecule has 0 radical (unpaired) electrons. The maximum atomic E-state index is 11.0. The molecular weight excluding hydrogens is 380 g/mol. The van der Waals surface area contributed by atoms with Crippen LogP contribution in [0, 0.1) is 22.2 Å². The normalized spacial score (nSPS) is 25.6. The molecule has 3 rings (SSSR count). The van der Waals surface area contributed by atoms with E-state index >= 15 is 0 Å². The molecule has 1 unspecified atom stereocenters. The summed E-state index contributed by atoms with van der Waals surface area (Å²) in [7, 11) is 0. The van der Waals surface area contributed by atoms with Crippen molar-refractivity contribution < 1.29 is 9.59 Å². The minimum absolute atomic E-state index is 0. The number of rotatable bonds is 0. The van der Waals surface area contributed by atoms with Crippen molar-refractivity contribution in [3.8, 4) is 0 Å². The average molecular weight is 435 g/mol. The number of carbonyl (C=O) groups excluding carboxylic acids is 2. The van der Waals surface area contributed by atoms with Crippen molar-refractivity contribution in [2.75, 3.05) is 0 Å². The Hall–Kier alpha value is -1.18. The monoisotopic (exact) mass is 434 g/mol. The second-order valence-corrected chi connectivity index (χ2v) is 12.2. The highest BCUT2D eigenvalue weighted by Gasteiger charge is 2.26. The summed E-state index contributed by atoms with van der Waals surface area (Å²) >= 11 is 0. The number of hydrogen-bond acceptors (Lipinski definition) is 2. The van der Waals surface area contributed by atoms with Crippen LogP contribution in [0.4, 0.5) is 0 Å². The summed E-state index contributed by atoms with van der Waals surface area (Å²) in [6.45, 7) is 19.7.